The number of aromatic nitrogens is 2. The minimum Gasteiger partial charge on any atom is -0.394 e. The molecule has 14 heavy (non-hydrogen) atoms. The van der Waals surface area contributed by atoms with Crippen LogP contribution in [0.15, 0.2) is 12.4 Å². The number of hydrogen-bond acceptors (Lipinski definition) is 5. The number of rotatable bonds is 3. The highest BCUT2D eigenvalue weighted by Gasteiger charge is 2.36. The fourth-order valence-corrected chi connectivity index (χ4v) is 1.62. The van der Waals surface area contributed by atoms with Gasteiger partial charge in [-0.25, -0.2) is 9.97 Å². The van der Waals surface area contributed by atoms with Gasteiger partial charge in [0.05, 0.1) is 12.1 Å². The van der Waals surface area contributed by atoms with E-state index in [0.29, 0.717) is 11.6 Å². The van der Waals surface area contributed by atoms with E-state index >= 15 is 0 Å². The summed E-state index contributed by atoms with van der Waals surface area (Å²) in [4.78, 5) is 8.01. The van der Waals surface area contributed by atoms with Crippen LogP contribution in [0.3, 0.4) is 0 Å². The summed E-state index contributed by atoms with van der Waals surface area (Å²) in [5, 5.41) is 12.4. The first-order chi connectivity index (χ1) is 6.76. The standard InChI is InChI=1S/C9H14N4O/c10-7-8(12-5-4-11-7)13-9(6-14)2-1-3-9/h4-5,14H,1-3,6H2,(H2,10,11)(H,12,13). The Balaban J connectivity index is 2.13. The van der Waals surface area contributed by atoms with Crippen LogP contribution in [-0.2, 0) is 0 Å². The second kappa shape index (κ2) is 3.42. The van der Waals surface area contributed by atoms with Crippen LogP contribution >= 0.6 is 0 Å². The van der Waals surface area contributed by atoms with Crippen LogP contribution < -0.4 is 11.1 Å². The van der Waals surface area contributed by atoms with Crippen LogP contribution in [0.25, 0.3) is 0 Å². The molecule has 5 nitrogen and oxygen atoms in total. The lowest BCUT2D eigenvalue weighted by Crippen LogP contribution is -2.48. The van der Waals surface area contributed by atoms with Crippen molar-refractivity contribution in [3.05, 3.63) is 12.4 Å². The summed E-state index contributed by atoms with van der Waals surface area (Å²) in [6, 6.07) is 0. The van der Waals surface area contributed by atoms with Crippen LogP contribution in [0.1, 0.15) is 19.3 Å². The maximum atomic E-state index is 9.24. The van der Waals surface area contributed by atoms with Crippen LogP contribution in [0.2, 0.25) is 0 Å². The summed E-state index contributed by atoms with van der Waals surface area (Å²) >= 11 is 0. The van der Waals surface area contributed by atoms with Crippen molar-refractivity contribution in [2.45, 2.75) is 24.8 Å². The molecule has 0 saturated heterocycles. The maximum absolute atomic E-state index is 9.24. The van der Waals surface area contributed by atoms with E-state index in [2.05, 4.69) is 15.3 Å². The first kappa shape index (κ1) is 9.21. The highest BCUT2D eigenvalue weighted by atomic mass is 16.3. The molecule has 0 aliphatic heterocycles. The third kappa shape index (κ3) is 1.50. The van der Waals surface area contributed by atoms with E-state index in [1.54, 1.807) is 12.4 Å². The van der Waals surface area contributed by atoms with Crippen LogP contribution in [0, 0.1) is 0 Å². The Labute approximate surface area is 82.4 Å². The molecule has 0 amide bonds. The normalized spacial score (nSPS) is 18.6. The zero-order valence-electron chi connectivity index (χ0n) is 7.90. The molecule has 1 aromatic rings. The summed E-state index contributed by atoms with van der Waals surface area (Å²) in [5.41, 5.74) is 5.43. The lowest BCUT2D eigenvalue weighted by atomic mass is 9.77. The van der Waals surface area contributed by atoms with E-state index < -0.39 is 0 Å². The Hall–Kier alpha value is -1.36. The van der Waals surface area contributed by atoms with Crippen molar-refractivity contribution in [3.8, 4) is 0 Å². The van der Waals surface area contributed by atoms with Gasteiger partial charge in [-0.3, -0.25) is 0 Å². The number of nitrogens with zero attached hydrogens (tertiary/aromatic N) is 2. The average Bonchev–Trinajstić information content (AvgIpc) is 2.14. The Bertz CT molecular complexity index is 319. The SMILES string of the molecule is Nc1nccnc1NC1(CO)CCC1. The summed E-state index contributed by atoms with van der Waals surface area (Å²) in [7, 11) is 0. The lowest BCUT2D eigenvalue weighted by Gasteiger charge is -2.41. The average molecular weight is 194 g/mol. The monoisotopic (exact) mass is 194 g/mol. The molecule has 4 N–H and O–H groups in total. The van der Waals surface area contributed by atoms with Gasteiger partial charge >= 0.3 is 0 Å². The Morgan fingerprint density at radius 1 is 1.43 bits per heavy atom. The topological polar surface area (TPSA) is 84.1 Å². The fraction of sp³-hybridized carbons (Fsp3) is 0.556. The van der Waals surface area contributed by atoms with Crippen LogP contribution in [-0.4, -0.2) is 27.2 Å². The second-order valence-corrected chi connectivity index (χ2v) is 3.71. The molecule has 0 unspecified atom stereocenters. The predicted molar refractivity (Wildman–Crippen MR) is 53.7 cm³/mol. The molecule has 76 valence electrons. The molecule has 5 heteroatoms. The second-order valence-electron chi connectivity index (χ2n) is 3.71. The van der Waals surface area contributed by atoms with E-state index in [9.17, 15) is 5.11 Å². The number of hydrogen-bond donors (Lipinski definition) is 3. The van der Waals surface area contributed by atoms with E-state index in [-0.39, 0.29) is 12.1 Å². The van der Waals surface area contributed by atoms with Crippen molar-refractivity contribution in [3.63, 3.8) is 0 Å². The van der Waals surface area contributed by atoms with Gasteiger partial charge in [-0.2, -0.15) is 0 Å². The smallest absolute Gasteiger partial charge is 0.169 e. The van der Waals surface area contributed by atoms with Crippen LogP contribution in [0.5, 0.6) is 0 Å². The molecule has 1 saturated carbocycles. The molecule has 2 rings (SSSR count). The molecular weight excluding hydrogens is 180 g/mol. The minimum atomic E-state index is -0.218. The fourth-order valence-electron chi connectivity index (χ4n) is 1.62. The van der Waals surface area contributed by atoms with E-state index in [4.69, 9.17) is 5.73 Å². The Morgan fingerprint density at radius 3 is 2.64 bits per heavy atom. The van der Waals surface area contributed by atoms with Gasteiger partial charge in [0.25, 0.3) is 0 Å². The number of aliphatic hydroxyl groups excluding tert-OH is 1. The summed E-state index contributed by atoms with van der Waals surface area (Å²) in [6.45, 7) is 0.114. The number of nitrogens with two attached hydrogens (primary N) is 1. The molecule has 1 aliphatic carbocycles. The van der Waals surface area contributed by atoms with Gasteiger partial charge in [0.15, 0.2) is 11.6 Å². The van der Waals surface area contributed by atoms with Crippen molar-refractivity contribution in [2.75, 3.05) is 17.7 Å². The molecule has 1 aromatic heterocycles. The van der Waals surface area contributed by atoms with E-state index in [1.807, 2.05) is 0 Å². The summed E-state index contributed by atoms with van der Waals surface area (Å²) in [5.74, 6) is 0.952. The van der Waals surface area contributed by atoms with Gasteiger partial charge in [0.1, 0.15) is 0 Å². The third-order valence-corrected chi connectivity index (χ3v) is 2.72. The van der Waals surface area contributed by atoms with E-state index in [1.165, 1.54) is 0 Å². The molecule has 0 spiro atoms. The van der Waals surface area contributed by atoms with Crippen molar-refractivity contribution in [2.24, 2.45) is 0 Å². The minimum absolute atomic E-state index is 0.114. The number of nitrogen functional groups attached to an aromatic ring is 1. The zero-order valence-corrected chi connectivity index (χ0v) is 7.90. The first-order valence-corrected chi connectivity index (χ1v) is 4.71. The first-order valence-electron chi connectivity index (χ1n) is 4.71. The van der Waals surface area contributed by atoms with Crippen molar-refractivity contribution in [1.82, 2.24) is 9.97 Å². The highest BCUT2D eigenvalue weighted by Crippen LogP contribution is 2.35. The third-order valence-electron chi connectivity index (χ3n) is 2.72. The predicted octanol–water partition coefficient (Wildman–Crippen LogP) is 0.386. The molecule has 1 heterocycles. The van der Waals surface area contributed by atoms with E-state index in [0.717, 1.165) is 19.3 Å². The number of aliphatic hydroxyl groups is 1. The summed E-state index contributed by atoms with van der Waals surface area (Å²) in [6.07, 6.45) is 6.18. The molecule has 1 fully saturated rings. The van der Waals surface area contributed by atoms with Crippen molar-refractivity contribution in [1.29, 1.82) is 0 Å². The largest absolute Gasteiger partial charge is 0.394 e. The molecular formula is C9H14N4O. The summed E-state index contributed by atoms with van der Waals surface area (Å²) < 4.78 is 0. The van der Waals surface area contributed by atoms with Gasteiger partial charge in [-0.15, -0.1) is 0 Å². The van der Waals surface area contributed by atoms with Crippen molar-refractivity contribution >= 4 is 11.6 Å². The lowest BCUT2D eigenvalue weighted by molar-refractivity contribution is 0.144. The van der Waals surface area contributed by atoms with Gasteiger partial charge in [-0.05, 0) is 19.3 Å². The maximum Gasteiger partial charge on any atom is 0.169 e. The number of nitrogens with one attached hydrogen (secondary N) is 1. The van der Waals surface area contributed by atoms with Gasteiger partial charge in [0, 0.05) is 12.4 Å². The van der Waals surface area contributed by atoms with Gasteiger partial charge in [-0.1, -0.05) is 0 Å². The van der Waals surface area contributed by atoms with Crippen molar-refractivity contribution < 1.29 is 5.11 Å². The molecule has 1 aliphatic rings. The quantitative estimate of drug-likeness (QED) is 0.648. The highest BCUT2D eigenvalue weighted by molar-refractivity contribution is 5.56. The molecule has 0 aromatic carbocycles. The Kier molecular flexibility index (Phi) is 2.25. The zero-order chi connectivity index (χ0) is 10.0. The molecule has 0 atom stereocenters. The van der Waals surface area contributed by atoms with Gasteiger partial charge < -0.3 is 16.2 Å². The van der Waals surface area contributed by atoms with Gasteiger partial charge in [0.2, 0.25) is 0 Å². The Morgan fingerprint density at radius 2 is 2.14 bits per heavy atom. The number of anilines is 2. The molecule has 0 bridgehead atoms. The molecule has 0 radical (unpaired) electrons. The van der Waals surface area contributed by atoms with Crippen LogP contribution in [0.4, 0.5) is 11.6 Å².